The molecule has 6 heteroatoms. The number of halogens is 2. The highest BCUT2D eigenvalue weighted by molar-refractivity contribution is 9.10. The van der Waals surface area contributed by atoms with Crippen LogP contribution in [0.15, 0.2) is 35.1 Å². The largest absolute Gasteiger partial charge is 0.388 e. The third-order valence-corrected chi connectivity index (χ3v) is 2.94. The van der Waals surface area contributed by atoms with E-state index in [0.29, 0.717) is 21.5 Å². The van der Waals surface area contributed by atoms with E-state index in [0.717, 1.165) is 4.47 Å². The molecule has 0 spiro atoms. The monoisotopic (exact) mass is 315 g/mol. The van der Waals surface area contributed by atoms with Crippen molar-refractivity contribution in [3.05, 3.63) is 45.8 Å². The summed E-state index contributed by atoms with van der Waals surface area (Å²) >= 11 is 14.3. The number of pyridine rings is 1. The third-order valence-electron chi connectivity index (χ3n) is 2.02. The number of nitrogens with zero attached hydrogens (tertiary/aromatic N) is 2. The van der Waals surface area contributed by atoms with Crippen molar-refractivity contribution >= 4 is 44.7 Å². The van der Waals surface area contributed by atoms with E-state index >= 15 is 0 Å². The molecule has 0 unspecified atom stereocenters. The summed E-state index contributed by atoms with van der Waals surface area (Å²) in [6, 6.07) is 5.43. The summed E-state index contributed by atoms with van der Waals surface area (Å²) in [4.78, 5) is 4.54. The molecule has 0 aliphatic rings. The lowest BCUT2D eigenvalue weighted by Crippen LogP contribution is -2.15. The highest BCUT2D eigenvalue weighted by atomic mass is 79.9. The first-order chi connectivity index (χ1) is 7.59. The van der Waals surface area contributed by atoms with Gasteiger partial charge in [-0.25, -0.2) is 4.98 Å². The molecular weight excluding hydrogens is 310 g/mol. The van der Waals surface area contributed by atoms with Crippen molar-refractivity contribution in [2.45, 2.75) is 0 Å². The van der Waals surface area contributed by atoms with E-state index < -0.39 is 0 Å². The minimum absolute atomic E-state index is 0.311. The zero-order valence-corrected chi connectivity index (χ0v) is 11.2. The Bertz CT molecular complexity index is 553. The number of aromatic nitrogens is 2. The van der Waals surface area contributed by atoms with E-state index in [9.17, 15) is 0 Å². The summed E-state index contributed by atoms with van der Waals surface area (Å²) in [5.74, 6) is 0.609. The van der Waals surface area contributed by atoms with Gasteiger partial charge in [0.25, 0.3) is 0 Å². The summed E-state index contributed by atoms with van der Waals surface area (Å²) in [6.45, 7) is 0. The molecule has 0 saturated carbocycles. The van der Waals surface area contributed by atoms with Crippen LogP contribution >= 0.6 is 39.7 Å². The van der Waals surface area contributed by atoms with E-state index in [4.69, 9.17) is 29.6 Å². The van der Waals surface area contributed by atoms with Crippen LogP contribution in [0.4, 0.5) is 0 Å². The molecule has 16 heavy (non-hydrogen) atoms. The second-order valence-electron chi connectivity index (χ2n) is 3.09. The molecule has 2 rings (SSSR count). The molecule has 0 amide bonds. The Balaban J connectivity index is 2.59. The van der Waals surface area contributed by atoms with Crippen LogP contribution in [0, 0.1) is 0 Å². The molecule has 3 nitrogen and oxygen atoms in total. The summed E-state index contributed by atoms with van der Waals surface area (Å²) in [5.41, 5.74) is 6.32. The Morgan fingerprint density at radius 2 is 2.31 bits per heavy atom. The number of thiocarbonyl (C=S) groups is 1. The van der Waals surface area contributed by atoms with Crippen molar-refractivity contribution in [3.8, 4) is 5.82 Å². The smallest absolute Gasteiger partial charge is 0.156 e. The average molecular weight is 317 g/mol. The van der Waals surface area contributed by atoms with Crippen LogP contribution in [-0.2, 0) is 0 Å². The predicted octanol–water partition coefficient (Wildman–Crippen LogP) is 2.92. The maximum absolute atomic E-state index is 6.10. The Kier molecular flexibility index (Phi) is 3.28. The van der Waals surface area contributed by atoms with Crippen LogP contribution in [-0.4, -0.2) is 14.5 Å². The Labute approximate surface area is 111 Å². The van der Waals surface area contributed by atoms with E-state index in [-0.39, 0.29) is 0 Å². The molecule has 0 aliphatic heterocycles. The second-order valence-corrected chi connectivity index (χ2v) is 4.85. The summed E-state index contributed by atoms with van der Waals surface area (Å²) in [6.07, 6.45) is 3.49. The van der Waals surface area contributed by atoms with Gasteiger partial charge in [0.05, 0.1) is 10.7 Å². The molecule has 82 valence electrons. The normalized spacial score (nSPS) is 10.4. The minimum Gasteiger partial charge on any atom is -0.388 e. The Morgan fingerprint density at radius 3 is 2.94 bits per heavy atom. The molecule has 0 aromatic carbocycles. The van der Waals surface area contributed by atoms with Crippen LogP contribution in [0.3, 0.4) is 0 Å². The first-order valence-corrected chi connectivity index (χ1v) is 5.96. The van der Waals surface area contributed by atoms with Crippen LogP contribution in [0.25, 0.3) is 5.82 Å². The van der Waals surface area contributed by atoms with Crippen LogP contribution in [0.2, 0.25) is 5.02 Å². The molecule has 2 heterocycles. The molecule has 0 aliphatic carbocycles. The van der Waals surface area contributed by atoms with Gasteiger partial charge < -0.3 is 5.73 Å². The molecule has 2 N–H and O–H groups in total. The average Bonchev–Trinajstić information content (AvgIpc) is 2.66. The third kappa shape index (κ3) is 2.11. The maximum atomic E-state index is 6.10. The van der Waals surface area contributed by atoms with Crippen molar-refractivity contribution in [1.29, 1.82) is 0 Å². The fourth-order valence-electron chi connectivity index (χ4n) is 1.35. The number of hydrogen-bond acceptors (Lipinski definition) is 2. The summed E-state index contributed by atoms with van der Waals surface area (Å²) < 4.78 is 2.59. The lowest BCUT2D eigenvalue weighted by molar-refractivity contribution is 0.994. The maximum Gasteiger partial charge on any atom is 0.156 e. The van der Waals surface area contributed by atoms with E-state index in [1.54, 1.807) is 16.8 Å². The van der Waals surface area contributed by atoms with Gasteiger partial charge in [-0.1, -0.05) is 23.8 Å². The van der Waals surface area contributed by atoms with Gasteiger partial charge in [0, 0.05) is 16.9 Å². The van der Waals surface area contributed by atoms with E-state index in [1.807, 2.05) is 18.3 Å². The van der Waals surface area contributed by atoms with Crippen molar-refractivity contribution in [2.75, 3.05) is 0 Å². The molecule has 0 atom stereocenters. The van der Waals surface area contributed by atoms with Crippen LogP contribution in [0.5, 0.6) is 0 Å². The topological polar surface area (TPSA) is 43.8 Å². The predicted molar refractivity (Wildman–Crippen MR) is 72.2 cm³/mol. The van der Waals surface area contributed by atoms with Gasteiger partial charge in [-0.3, -0.25) is 4.57 Å². The molecule has 0 bridgehead atoms. The van der Waals surface area contributed by atoms with Gasteiger partial charge in [-0.2, -0.15) is 0 Å². The van der Waals surface area contributed by atoms with Gasteiger partial charge >= 0.3 is 0 Å². The number of rotatable bonds is 2. The number of hydrogen-bond donors (Lipinski definition) is 1. The van der Waals surface area contributed by atoms with Gasteiger partial charge in [-0.05, 0) is 34.1 Å². The van der Waals surface area contributed by atoms with Crippen molar-refractivity contribution in [2.24, 2.45) is 5.73 Å². The highest BCUT2D eigenvalue weighted by Crippen LogP contribution is 2.23. The summed E-state index contributed by atoms with van der Waals surface area (Å²) in [5, 5.41) is 0.531. The molecule has 2 aromatic heterocycles. The lowest BCUT2D eigenvalue weighted by atomic mass is 10.4. The van der Waals surface area contributed by atoms with Crippen molar-refractivity contribution < 1.29 is 0 Å². The fourth-order valence-corrected chi connectivity index (χ4v) is 2.24. The molecule has 2 aromatic rings. The molecule has 0 saturated heterocycles. The van der Waals surface area contributed by atoms with Crippen molar-refractivity contribution in [1.82, 2.24) is 9.55 Å². The van der Waals surface area contributed by atoms with Crippen LogP contribution < -0.4 is 5.73 Å². The van der Waals surface area contributed by atoms with E-state index in [2.05, 4.69) is 20.9 Å². The van der Waals surface area contributed by atoms with Gasteiger partial charge in [0.15, 0.2) is 5.82 Å². The van der Waals surface area contributed by atoms with Gasteiger partial charge in [-0.15, -0.1) is 0 Å². The first kappa shape index (κ1) is 11.6. The standard InChI is InChI=1S/C10H7BrClN3S/c11-6-4-7(12)10(14-5-6)15-3-1-2-8(15)9(13)16/h1-5H,(H2,13,16). The van der Waals surface area contributed by atoms with Gasteiger partial charge in [0.2, 0.25) is 0 Å². The van der Waals surface area contributed by atoms with E-state index in [1.165, 1.54) is 0 Å². The molecular formula is C10H7BrClN3S. The molecule has 0 fully saturated rings. The lowest BCUT2D eigenvalue weighted by Gasteiger charge is -2.08. The SMILES string of the molecule is NC(=S)c1cccn1-c1ncc(Br)cc1Cl. The zero-order valence-electron chi connectivity index (χ0n) is 8.02. The summed E-state index contributed by atoms with van der Waals surface area (Å²) in [7, 11) is 0. The molecule has 0 radical (unpaired) electrons. The first-order valence-electron chi connectivity index (χ1n) is 4.38. The Hall–Kier alpha value is -0.910. The van der Waals surface area contributed by atoms with Gasteiger partial charge in [0.1, 0.15) is 4.99 Å². The Morgan fingerprint density at radius 1 is 1.56 bits per heavy atom. The highest BCUT2D eigenvalue weighted by Gasteiger charge is 2.10. The van der Waals surface area contributed by atoms with Crippen molar-refractivity contribution in [3.63, 3.8) is 0 Å². The van der Waals surface area contributed by atoms with Crippen LogP contribution in [0.1, 0.15) is 5.69 Å². The second kappa shape index (κ2) is 4.53. The fraction of sp³-hybridized carbons (Fsp3) is 0. The quantitative estimate of drug-likeness (QED) is 0.866. The minimum atomic E-state index is 0.311. The number of nitrogens with two attached hydrogens (primary N) is 1. The zero-order chi connectivity index (χ0) is 11.7.